The van der Waals surface area contributed by atoms with Crippen molar-refractivity contribution in [1.82, 2.24) is 15.4 Å². The van der Waals surface area contributed by atoms with E-state index >= 15 is 0 Å². The molecule has 0 unspecified atom stereocenters. The number of benzene rings is 1. The fraction of sp³-hybridized carbons (Fsp3) is 0. The van der Waals surface area contributed by atoms with Gasteiger partial charge in [-0.3, -0.25) is 0 Å². The molecular formula is C9H6ClN3O3. The molecule has 0 amide bonds. The normalized spacial score (nSPS) is 8.56. The summed E-state index contributed by atoms with van der Waals surface area (Å²) in [6.45, 7) is 0. The van der Waals surface area contributed by atoms with Crippen molar-refractivity contribution in [2.75, 3.05) is 0 Å². The fourth-order valence-electron chi connectivity index (χ4n) is 0.880. The lowest BCUT2D eigenvalue weighted by atomic mass is 10.3. The van der Waals surface area contributed by atoms with Crippen LogP contribution >= 0.6 is 11.6 Å². The summed E-state index contributed by atoms with van der Waals surface area (Å²) in [5, 5.41) is 10.3. The highest BCUT2D eigenvalue weighted by molar-refractivity contribution is 6.32. The summed E-state index contributed by atoms with van der Waals surface area (Å²) >= 11 is 5.86. The van der Waals surface area contributed by atoms with Crippen LogP contribution in [0.25, 0.3) is 0 Å². The van der Waals surface area contributed by atoms with Crippen molar-refractivity contribution in [1.29, 1.82) is 0 Å². The molecule has 0 atom stereocenters. The van der Waals surface area contributed by atoms with E-state index in [-0.39, 0.29) is 6.15 Å². The molecule has 0 spiro atoms. The number of nitrogens with one attached hydrogen (secondary N) is 1. The van der Waals surface area contributed by atoms with E-state index in [2.05, 4.69) is 15.4 Å². The van der Waals surface area contributed by atoms with Gasteiger partial charge in [0.2, 0.25) is 0 Å². The van der Waals surface area contributed by atoms with Gasteiger partial charge < -0.3 is 4.74 Å². The van der Waals surface area contributed by atoms with Crippen LogP contribution < -0.4 is 4.74 Å². The average Bonchev–Trinajstić information content (AvgIpc) is 2.75. The van der Waals surface area contributed by atoms with Crippen molar-refractivity contribution in [3.63, 3.8) is 0 Å². The van der Waals surface area contributed by atoms with Crippen LogP contribution in [0.3, 0.4) is 0 Å². The number of halogens is 1. The molecule has 0 radical (unpaired) electrons. The first kappa shape index (κ1) is 11.9. The Morgan fingerprint density at radius 1 is 1.31 bits per heavy atom. The van der Waals surface area contributed by atoms with Gasteiger partial charge in [-0.25, -0.2) is 0 Å². The van der Waals surface area contributed by atoms with Gasteiger partial charge >= 0.3 is 6.15 Å². The van der Waals surface area contributed by atoms with Gasteiger partial charge in [0.05, 0.1) is 5.02 Å². The molecule has 0 fully saturated rings. The fourth-order valence-corrected chi connectivity index (χ4v) is 1.05. The predicted octanol–water partition coefficient (Wildman–Crippen LogP) is 1.67. The van der Waals surface area contributed by atoms with Crippen LogP contribution in [0.4, 0.5) is 0 Å². The van der Waals surface area contributed by atoms with Crippen LogP contribution in [0.5, 0.6) is 11.6 Å². The summed E-state index contributed by atoms with van der Waals surface area (Å²) in [4.78, 5) is 16.2. The second-order valence-corrected chi connectivity index (χ2v) is 2.83. The Hall–Kier alpha value is -2.17. The van der Waals surface area contributed by atoms with Crippen LogP contribution in [0.15, 0.2) is 30.5 Å². The van der Waals surface area contributed by atoms with Crippen molar-refractivity contribution in [2.45, 2.75) is 0 Å². The van der Waals surface area contributed by atoms with E-state index in [0.29, 0.717) is 16.7 Å². The number of ether oxygens (including phenoxy) is 1. The van der Waals surface area contributed by atoms with Crippen LogP contribution in [0, 0.1) is 0 Å². The first-order chi connectivity index (χ1) is 7.77. The summed E-state index contributed by atoms with van der Waals surface area (Å²) in [5.74, 6) is 0.964. The van der Waals surface area contributed by atoms with E-state index in [0.717, 1.165) is 0 Å². The van der Waals surface area contributed by atoms with Gasteiger partial charge in [-0.05, 0) is 12.1 Å². The Morgan fingerprint density at radius 3 is 2.56 bits per heavy atom. The Morgan fingerprint density at radius 2 is 2.00 bits per heavy atom. The number of nitrogens with zero attached hydrogens (tertiary/aromatic N) is 2. The van der Waals surface area contributed by atoms with Gasteiger partial charge in [-0.2, -0.15) is 19.9 Å². The minimum absolute atomic E-state index is 0.250. The summed E-state index contributed by atoms with van der Waals surface area (Å²) in [6, 6.07) is 7.17. The smallest absolute Gasteiger partial charge is 0.373 e. The molecule has 1 aromatic carbocycles. The number of aromatic amines is 1. The van der Waals surface area contributed by atoms with E-state index in [4.69, 9.17) is 25.9 Å². The van der Waals surface area contributed by atoms with E-state index < -0.39 is 0 Å². The molecule has 1 aromatic heterocycles. The van der Waals surface area contributed by atoms with Crippen molar-refractivity contribution in [2.24, 2.45) is 0 Å². The van der Waals surface area contributed by atoms with Crippen molar-refractivity contribution < 1.29 is 14.3 Å². The molecule has 7 heteroatoms. The van der Waals surface area contributed by atoms with Crippen LogP contribution in [0.2, 0.25) is 5.02 Å². The molecule has 2 aromatic rings. The lowest BCUT2D eigenvalue weighted by Crippen LogP contribution is -1.84. The number of carbonyl (C=O) groups excluding carboxylic acids is 2. The summed E-state index contributed by atoms with van der Waals surface area (Å²) in [5.41, 5.74) is 0. The minimum atomic E-state index is 0.250. The van der Waals surface area contributed by atoms with E-state index in [1.54, 1.807) is 12.1 Å². The van der Waals surface area contributed by atoms with Gasteiger partial charge in [0.1, 0.15) is 11.9 Å². The number of hydrogen-bond acceptors (Lipinski definition) is 5. The summed E-state index contributed by atoms with van der Waals surface area (Å²) < 4.78 is 5.31. The van der Waals surface area contributed by atoms with Crippen LogP contribution in [-0.4, -0.2) is 21.6 Å². The largest absolute Gasteiger partial charge is 0.435 e. The zero-order valence-corrected chi connectivity index (χ0v) is 8.64. The molecule has 82 valence electrons. The molecule has 0 saturated carbocycles. The zero-order valence-electron chi connectivity index (χ0n) is 7.88. The third-order valence-corrected chi connectivity index (χ3v) is 1.76. The number of rotatable bonds is 2. The van der Waals surface area contributed by atoms with Crippen LogP contribution in [0.1, 0.15) is 0 Å². The molecular weight excluding hydrogens is 234 g/mol. The topological polar surface area (TPSA) is 84.9 Å². The van der Waals surface area contributed by atoms with Crippen molar-refractivity contribution >= 4 is 17.8 Å². The monoisotopic (exact) mass is 239 g/mol. The molecule has 2 rings (SSSR count). The molecule has 16 heavy (non-hydrogen) atoms. The summed E-state index contributed by atoms with van der Waals surface area (Å²) in [7, 11) is 0. The Kier molecular flexibility index (Phi) is 4.72. The molecule has 0 saturated heterocycles. The van der Waals surface area contributed by atoms with Crippen LogP contribution in [-0.2, 0) is 9.59 Å². The first-order valence-electron chi connectivity index (χ1n) is 4.05. The second kappa shape index (κ2) is 6.34. The van der Waals surface area contributed by atoms with Crippen molar-refractivity contribution in [3.05, 3.63) is 35.5 Å². The SMILES string of the molecule is Clc1ccccc1Oc1cn[nH]n1.O=C=O. The third kappa shape index (κ3) is 3.53. The quantitative estimate of drug-likeness (QED) is 0.862. The maximum absolute atomic E-state index is 8.12. The molecule has 6 nitrogen and oxygen atoms in total. The average molecular weight is 240 g/mol. The molecule has 0 bridgehead atoms. The zero-order chi connectivity index (χ0) is 11.8. The number of para-hydroxylation sites is 1. The highest BCUT2D eigenvalue weighted by atomic mass is 35.5. The van der Waals surface area contributed by atoms with E-state index in [1.165, 1.54) is 6.20 Å². The second-order valence-electron chi connectivity index (χ2n) is 2.42. The highest BCUT2D eigenvalue weighted by Gasteiger charge is 2.02. The molecule has 1 heterocycles. The molecule has 0 aliphatic carbocycles. The maximum atomic E-state index is 8.12. The Balaban J connectivity index is 0.000000386. The minimum Gasteiger partial charge on any atom is -0.435 e. The molecule has 1 N–H and O–H groups in total. The van der Waals surface area contributed by atoms with E-state index in [9.17, 15) is 0 Å². The van der Waals surface area contributed by atoms with Gasteiger partial charge in [0.15, 0.2) is 0 Å². The lowest BCUT2D eigenvalue weighted by molar-refractivity contribution is -0.191. The molecule has 0 aliphatic heterocycles. The molecule has 0 aliphatic rings. The highest BCUT2D eigenvalue weighted by Crippen LogP contribution is 2.26. The lowest BCUT2D eigenvalue weighted by Gasteiger charge is -2.01. The number of hydrogen-bond donors (Lipinski definition) is 1. The van der Waals surface area contributed by atoms with Crippen molar-refractivity contribution in [3.8, 4) is 11.6 Å². The van der Waals surface area contributed by atoms with Gasteiger partial charge in [0.25, 0.3) is 5.88 Å². The number of aromatic nitrogens is 3. The Labute approximate surface area is 95.2 Å². The predicted molar refractivity (Wildman–Crippen MR) is 52.9 cm³/mol. The summed E-state index contributed by atoms with van der Waals surface area (Å²) in [6.07, 6.45) is 1.73. The standard InChI is InChI=1S/C8H6ClN3O.CO2/c9-6-3-1-2-4-7(6)13-8-5-10-12-11-8;2-1-3/h1-5H,(H,10,11,12);. The number of H-pyrrole nitrogens is 1. The van der Waals surface area contributed by atoms with E-state index in [1.807, 2.05) is 12.1 Å². The Bertz CT molecular complexity index is 467. The van der Waals surface area contributed by atoms with Gasteiger partial charge in [-0.1, -0.05) is 23.7 Å². The van der Waals surface area contributed by atoms with Gasteiger partial charge in [-0.15, -0.1) is 5.10 Å². The maximum Gasteiger partial charge on any atom is 0.373 e. The first-order valence-corrected chi connectivity index (χ1v) is 4.43. The van der Waals surface area contributed by atoms with Gasteiger partial charge in [0, 0.05) is 0 Å². The third-order valence-electron chi connectivity index (χ3n) is 1.44.